The van der Waals surface area contributed by atoms with Crippen molar-refractivity contribution in [3.8, 4) is 0 Å². The Kier molecular flexibility index (Phi) is 5.89. The van der Waals surface area contributed by atoms with Gasteiger partial charge in [-0.25, -0.2) is 0 Å². The summed E-state index contributed by atoms with van der Waals surface area (Å²) in [5, 5.41) is 19.8. The van der Waals surface area contributed by atoms with Crippen LogP contribution >= 0.6 is 0 Å². The van der Waals surface area contributed by atoms with Crippen LogP contribution in [0.25, 0.3) is 0 Å². The lowest BCUT2D eigenvalue weighted by Gasteiger charge is -2.26. The van der Waals surface area contributed by atoms with E-state index in [2.05, 4.69) is 15.3 Å². The van der Waals surface area contributed by atoms with Crippen molar-refractivity contribution in [1.82, 2.24) is 20.4 Å². The minimum absolute atomic E-state index is 0.0866. The van der Waals surface area contributed by atoms with Crippen molar-refractivity contribution in [1.29, 1.82) is 0 Å². The summed E-state index contributed by atoms with van der Waals surface area (Å²) in [5.41, 5.74) is 2.95. The molecule has 0 bridgehead atoms. The van der Waals surface area contributed by atoms with E-state index in [0.29, 0.717) is 24.2 Å². The van der Waals surface area contributed by atoms with E-state index in [4.69, 9.17) is 10.2 Å². The second-order valence-corrected chi connectivity index (χ2v) is 7.16. The Labute approximate surface area is 144 Å². The number of carbonyl (C=O) groups is 1. The predicted octanol–water partition coefficient (Wildman–Crippen LogP) is 1.26. The van der Waals surface area contributed by atoms with Crippen LogP contribution in [0.4, 0.5) is 0 Å². The molecule has 0 spiro atoms. The highest BCUT2D eigenvalue weighted by Gasteiger charge is 2.29. The Hall–Kier alpha value is -1.40. The van der Waals surface area contributed by atoms with Crippen LogP contribution < -0.4 is 10.6 Å². The van der Waals surface area contributed by atoms with Gasteiger partial charge in [-0.15, -0.1) is 0 Å². The number of aromatic nitrogens is 2. The van der Waals surface area contributed by atoms with Gasteiger partial charge in [-0.3, -0.25) is 9.48 Å². The highest BCUT2D eigenvalue weighted by atomic mass is 16.3. The number of aliphatic hydroxyl groups excluding tert-OH is 1. The van der Waals surface area contributed by atoms with Crippen molar-refractivity contribution < 1.29 is 9.90 Å². The van der Waals surface area contributed by atoms with Crippen molar-refractivity contribution in [2.75, 3.05) is 20.2 Å². The number of aliphatic hydroxyl groups is 1. The molecule has 1 aromatic heterocycles. The number of nitrogens with one attached hydrogen (secondary N) is 2. The number of hydrogen-bond donors (Lipinski definition) is 3. The molecule has 2 aliphatic carbocycles. The normalized spacial score (nSPS) is 21.5. The van der Waals surface area contributed by atoms with Gasteiger partial charge in [-0.2, -0.15) is 5.10 Å². The Morgan fingerprint density at radius 3 is 2.79 bits per heavy atom. The first kappa shape index (κ1) is 17.4. The molecule has 0 unspecified atom stereocenters. The lowest BCUT2D eigenvalue weighted by atomic mass is 9.88. The lowest BCUT2D eigenvalue weighted by Crippen LogP contribution is -2.37. The number of nitrogens with zero attached hydrogens (tertiary/aromatic N) is 2. The van der Waals surface area contributed by atoms with Gasteiger partial charge >= 0.3 is 0 Å². The van der Waals surface area contributed by atoms with Crippen molar-refractivity contribution in [3.05, 3.63) is 17.0 Å². The van der Waals surface area contributed by atoms with Gasteiger partial charge in [0.15, 0.2) is 5.69 Å². The molecule has 2 aliphatic rings. The quantitative estimate of drug-likeness (QED) is 0.732. The summed E-state index contributed by atoms with van der Waals surface area (Å²) >= 11 is 0. The zero-order valence-corrected chi connectivity index (χ0v) is 14.7. The van der Waals surface area contributed by atoms with Crippen molar-refractivity contribution in [3.63, 3.8) is 0 Å². The first-order chi connectivity index (χ1) is 11.7. The molecular weight excluding hydrogens is 304 g/mol. The summed E-state index contributed by atoms with van der Waals surface area (Å²) < 4.78 is 2.12. The van der Waals surface area contributed by atoms with Gasteiger partial charge < -0.3 is 15.7 Å². The van der Waals surface area contributed by atoms with E-state index in [1.165, 1.54) is 37.8 Å². The van der Waals surface area contributed by atoms with Gasteiger partial charge in [-0.1, -0.05) is 19.3 Å². The number of amides is 1. The van der Waals surface area contributed by atoms with Crippen LogP contribution in [0.1, 0.15) is 60.3 Å². The molecule has 0 aliphatic heterocycles. The third-order valence-electron chi connectivity index (χ3n) is 5.49. The van der Waals surface area contributed by atoms with Crippen LogP contribution in [-0.4, -0.2) is 47.0 Å². The maximum atomic E-state index is 12.3. The first-order valence-corrected chi connectivity index (χ1v) is 9.37. The highest BCUT2D eigenvalue weighted by Crippen LogP contribution is 2.29. The standard InChI is InChI=1S/C18H30N4O2/c1-19-18(24)17-15-11-14(20-9-10-23)7-8-16(15)22(21-17)12-13-5-3-2-4-6-13/h13-14,20,23H,2-12H2,1H3,(H,19,24)/t14-/m1/s1. The molecule has 1 atom stereocenters. The zero-order chi connectivity index (χ0) is 16.9. The highest BCUT2D eigenvalue weighted by molar-refractivity contribution is 5.93. The maximum absolute atomic E-state index is 12.3. The van der Waals surface area contributed by atoms with Crippen LogP contribution in [0.5, 0.6) is 0 Å². The van der Waals surface area contributed by atoms with Crippen molar-refractivity contribution in [2.45, 2.75) is 64.0 Å². The smallest absolute Gasteiger partial charge is 0.271 e. The minimum atomic E-state index is -0.0866. The third-order valence-corrected chi connectivity index (χ3v) is 5.49. The Bertz CT molecular complexity index is 564. The predicted molar refractivity (Wildman–Crippen MR) is 93.1 cm³/mol. The molecule has 0 aromatic carbocycles. The molecular formula is C18H30N4O2. The zero-order valence-electron chi connectivity index (χ0n) is 14.7. The van der Waals surface area contributed by atoms with E-state index in [9.17, 15) is 4.79 Å². The monoisotopic (exact) mass is 334 g/mol. The maximum Gasteiger partial charge on any atom is 0.271 e. The molecule has 24 heavy (non-hydrogen) atoms. The van der Waals surface area contributed by atoms with Crippen LogP contribution in [0.15, 0.2) is 0 Å². The van der Waals surface area contributed by atoms with Crippen molar-refractivity contribution >= 4 is 5.91 Å². The van der Waals surface area contributed by atoms with Gasteiger partial charge in [-0.05, 0) is 38.0 Å². The van der Waals surface area contributed by atoms with Gasteiger partial charge in [0, 0.05) is 37.4 Å². The van der Waals surface area contributed by atoms with E-state index in [1.807, 2.05) is 0 Å². The van der Waals surface area contributed by atoms with E-state index in [-0.39, 0.29) is 12.5 Å². The molecule has 1 amide bonds. The molecule has 1 heterocycles. The second kappa shape index (κ2) is 8.12. The molecule has 6 nitrogen and oxygen atoms in total. The summed E-state index contributed by atoms with van der Waals surface area (Å²) in [6.45, 7) is 1.70. The van der Waals surface area contributed by atoms with Gasteiger partial charge in [0.2, 0.25) is 0 Å². The number of carbonyl (C=O) groups excluding carboxylic acids is 1. The van der Waals surface area contributed by atoms with E-state index in [0.717, 1.165) is 31.4 Å². The molecule has 134 valence electrons. The lowest BCUT2D eigenvalue weighted by molar-refractivity contribution is 0.0956. The number of rotatable bonds is 6. The summed E-state index contributed by atoms with van der Waals surface area (Å²) in [5.74, 6) is 0.613. The fourth-order valence-corrected chi connectivity index (χ4v) is 4.20. The molecule has 3 N–H and O–H groups in total. The summed E-state index contributed by atoms with van der Waals surface area (Å²) in [4.78, 5) is 12.3. The van der Waals surface area contributed by atoms with E-state index < -0.39 is 0 Å². The summed E-state index contributed by atoms with van der Waals surface area (Å²) in [6.07, 6.45) is 9.38. The van der Waals surface area contributed by atoms with Crippen LogP contribution in [0.3, 0.4) is 0 Å². The SMILES string of the molecule is CNC(=O)c1nn(CC2CCCCC2)c2c1C[C@H](NCCO)CC2. The Morgan fingerprint density at radius 2 is 2.08 bits per heavy atom. The average Bonchev–Trinajstić information content (AvgIpc) is 2.98. The fourth-order valence-electron chi connectivity index (χ4n) is 4.20. The minimum Gasteiger partial charge on any atom is -0.395 e. The van der Waals surface area contributed by atoms with Crippen LogP contribution in [0.2, 0.25) is 0 Å². The topological polar surface area (TPSA) is 79.2 Å². The van der Waals surface area contributed by atoms with Gasteiger partial charge in [0.25, 0.3) is 5.91 Å². The largest absolute Gasteiger partial charge is 0.395 e. The Balaban J connectivity index is 1.80. The van der Waals surface area contributed by atoms with Gasteiger partial charge in [0.1, 0.15) is 0 Å². The molecule has 0 saturated heterocycles. The van der Waals surface area contributed by atoms with E-state index in [1.54, 1.807) is 7.05 Å². The third kappa shape index (κ3) is 3.81. The first-order valence-electron chi connectivity index (χ1n) is 9.37. The number of hydrogen-bond acceptors (Lipinski definition) is 4. The summed E-state index contributed by atoms with van der Waals surface area (Å²) in [7, 11) is 1.67. The Morgan fingerprint density at radius 1 is 1.29 bits per heavy atom. The van der Waals surface area contributed by atoms with Crippen LogP contribution in [0, 0.1) is 5.92 Å². The molecule has 0 radical (unpaired) electrons. The molecule has 1 saturated carbocycles. The number of fused-ring (bicyclic) bond motifs is 1. The van der Waals surface area contributed by atoms with Gasteiger partial charge in [0.05, 0.1) is 6.61 Å². The molecule has 1 fully saturated rings. The fraction of sp³-hybridized carbons (Fsp3) is 0.778. The van der Waals surface area contributed by atoms with Crippen molar-refractivity contribution in [2.24, 2.45) is 5.92 Å². The molecule has 1 aromatic rings. The molecule has 6 heteroatoms. The molecule has 3 rings (SSSR count). The average molecular weight is 334 g/mol. The second-order valence-electron chi connectivity index (χ2n) is 7.16. The summed E-state index contributed by atoms with van der Waals surface area (Å²) in [6, 6.07) is 0.320. The van der Waals surface area contributed by atoms with Crippen LogP contribution in [-0.2, 0) is 19.4 Å². The van der Waals surface area contributed by atoms with E-state index >= 15 is 0 Å².